The number of aryl methyl sites for hydroxylation is 2. The molecule has 1 atom stereocenters. The molecule has 0 aliphatic heterocycles. The van der Waals surface area contributed by atoms with Crippen molar-refractivity contribution in [1.82, 2.24) is 14.3 Å². The molecule has 8 heteroatoms. The number of nitrogens with zero attached hydrogens (tertiary/aromatic N) is 2. The molecule has 0 saturated heterocycles. The Labute approximate surface area is 160 Å². The van der Waals surface area contributed by atoms with Crippen molar-refractivity contribution in [3.8, 4) is 0 Å². The van der Waals surface area contributed by atoms with Crippen molar-refractivity contribution in [3.63, 3.8) is 0 Å². The predicted octanol–water partition coefficient (Wildman–Crippen LogP) is 3.70. The van der Waals surface area contributed by atoms with Crippen molar-refractivity contribution in [1.29, 1.82) is 0 Å². The third-order valence-electron chi connectivity index (χ3n) is 4.01. The van der Waals surface area contributed by atoms with E-state index in [1.807, 2.05) is 6.92 Å². The number of benzene rings is 2. The van der Waals surface area contributed by atoms with Crippen molar-refractivity contribution in [2.45, 2.75) is 17.9 Å². The quantitative estimate of drug-likeness (QED) is 0.661. The van der Waals surface area contributed by atoms with E-state index in [2.05, 4.69) is 25.6 Å². The zero-order valence-electron chi connectivity index (χ0n) is 14.1. The van der Waals surface area contributed by atoms with Crippen molar-refractivity contribution < 1.29 is 12.8 Å². The van der Waals surface area contributed by atoms with Crippen LogP contribution in [0.3, 0.4) is 0 Å². The summed E-state index contributed by atoms with van der Waals surface area (Å²) in [6.07, 6.45) is 3.28. The van der Waals surface area contributed by atoms with E-state index in [0.717, 1.165) is 10.0 Å². The normalized spacial score (nSPS) is 12.9. The molecule has 0 aliphatic carbocycles. The van der Waals surface area contributed by atoms with Crippen molar-refractivity contribution in [3.05, 3.63) is 82.1 Å². The van der Waals surface area contributed by atoms with Gasteiger partial charge in [-0.15, -0.1) is 0 Å². The standard InChI is InChI=1S/C18H17BrFN3O2S/c1-12-10-15(6-7-16(12)19)26(24,25)22-17(18-21-8-9-23(18)2)13-4-3-5-14(20)11-13/h3-11,17,22H,1-2H3. The maximum atomic E-state index is 13.7. The Morgan fingerprint density at radius 3 is 2.62 bits per heavy atom. The van der Waals surface area contributed by atoms with Crippen LogP contribution in [0, 0.1) is 12.7 Å². The van der Waals surface area contributed by atoms with Gasteiger partial charge in [0.15, 0.2) is 0 Å². The van der Waals surface area contributed by atoms with E-state index in [1.165, 1.54) is 18.2 Å². The molecule has 5 nitrogen and oxygen atoms in total. The lowest BCUT2D eigenvalue weighted by Gasteiger charge is -2.19. The predicted molar refractivity (Wildman–Crippen MR) is 101 cm³/mol. The Kier molecular flexibility index (Phi) is 5.27. The summed E-state index contributed by atoms with van der Waals surface area (Å²) < 4.78 is 44.7. The Balaban J connectivity index is 2.05. The molecule has 3 aromatic rings. The molecule has 0 amide bonds. The van der Waals surface area contributed by atoms with Gasteiger partial charge in [-0.3, -0.25) is 0 Å². The molecule has 1 aromatic heterocycles. The first-order valence-corrected chi connectivity index (χ1v) is 10.1. The molecule has 1 unspecified atom stereocenters. The summed E-state index contributed by atoms with van der Waals surface area (Å²) in [5.74, 6) is 0.0217. The fourth-order valence-electron chi connectivity index (χ4n) is 2.62. The number of halogens is 2. The van der Waals surface area contributed by atoms with E-state index < -0.39 is 21.9 Å². The van der Waals surface area contributed by atoms with Crippen molar-refractivity contribution in [2.24, 2.45) is 7.05 Å². The van der Waals surface area contributed by atoms with Gasteiger partial charge in [0.2, 0.25) is 10.0 Å². The van der Waals surface area contributed by atoms with Crippen molar-refractivity contribution >= 4 is 26.0 Å². The van der Waals surface area contributed by atoms with E-state index in [-0.39, 0.29) is 4.90 Å². The Hall–Kier alpha value is -2.03. The summed E-state index contributed by atoms with van der Waals surface area (Å²) in [6, 6.07) is 9.77. The summed E-state index contributed by atoms with van der Waals surface area (Å²) in [5, 5.41) is 0. The van der Waals surface area contributed by atoms with E-state index in [9.17, 15) is 12.8 Å². The van der Waals surface area contributed by atoms with E-state index >= 15 is 0 Å². The lowest BCUT2D eigenvalue weighted by Crippen LogP contribution is -2.31. The third kappa shape index (κ3) is 3.87. The van der Waals surface area contributed by atoms with Gasteiger partial charge in [-0.1, -0.05) is 28.1 Å². The van der Waals surface area contributed by atoms with Crippen LogP contribution >= 0.6 is 15.9 Å². The average Bonchev–Trinajstić information content (AvgIpc) is 3.01. The van der Waals surface area contributed by atoms with Crippen LogP contribution in [0.15, 0.2) is 64.2 Å². The maximum Gasteiger partial charge on any atom is 0.241 e. The molecular formula is C18H17BrFN3O2S. The van der Waals surface area contributed by atoms with Crippen LogP contribution in [0.25, 0.3) is 0 Å². The zero-order chi connectivity index (χ0) is 18.9. The first-order valence-electron chi connectivity index (χ1n) is 7.79. The van der Waals surface area contributed by atoms with E-state index in [4.69, 9.17) is 0 Å². The first kappa shape index (κ1) is 18.8. The Morgan fingerprint density at radius 2 is 2.00 bits per heavy atom. The van der Waals surface area contributed by atoms with Gasteiger partial charge >= 0.3 is 0 Å². The fourth-order valence-corrected chi connectivity index (χ4v) is 4.13. The third-order valence-corrected chi connectivity index (χ3v) is 6.32. The molecule has 0 saturated carbocycles. The van der Waals surface area contributed by atoms with E-state index in [0.29, 0.717) is 11.4 Å². The smallest absolute Gasteiger partial charge is 0.241 e. The monoisotopic (exact) mass is 437 g/mol. The second kappa shape index (κ2) is 7.30. The van der Waals surface area contributed by atoms with Gasteiger partial charge in [0, 0.05) is 23.9 Å². The summed E-state index contributed by atoms with van der Waals surface area (Å²) in [5.41, 5.74) is 1.27. The fraction of sp³-hybridized carbons (Fsp3) is 0.167. The molecule has 3 rings (SSSR count). The van der Waals surface area contributed by atoms with Crippen LogP contribution in [0.5, 0.6) is 0 Å². The lowest BCUT2D eigenvalue weighted by atomic mass is 10.1. The van der Waals surface area contributed by atoms with Crippen LogP contribution in [-0.2, 0) is 17.1 Å². The average molecular weight is 438 g/mol. The van der Waals surface area contributed by atoms with Crippen LogP contribution in [0.2, 0.25) is 0 Å². The molecule has 1 N–H and O–H groups in total. The summed E-state index contributed by atoms with van der Waals surface area (Å²) in [4.78, 5) is 4.37. The van der Waals surface area contributed by atoms with Crippen LogP contribution in [0.1, 0.15) is 23.0 Å². The van der Waals surface area contributed by atoms with Gasteiger partial charge < -0.3 is 4.57 Å². The van der Waals surface area contributed by atoms with Gasteiger partial charge in [0.05, 0.1) is 4.90 Å². The number of imidazole rings is 1. The SMILES string of the molecule is Cc1cc(S(=O)(=O)NC(c2cccc(F)c2)c2nccn2C)ccc1Br. The second-order valence-corrected chi connectivity index (χ2v) is 8.48. The minimum atomic E-state index is -3.85. The van der Waals surface area contributed by atoms with Crippen molar-refractivity contribution in [2.75, 3.05) is 0 Å². The molecule has 2 aromatic carbocycles. The maximum absolute atomic E-state index is 13.7. The number of sulfonamides is 1. The number of rotatable bonds is 5. The van der Waals surface area contributed by atoms with Gasteiger partial charge in [-0.2, -0.15) is 4.72 Å². The number of hydrogen-bond acceptors (Lipinski definition) is 3. The molecule has 1 heterocycles. The largest absolute Gasteiger partial charge is 0.336 e. The Bertz CT molecular complexity index is 1050. The minimum absolute atomic E-state index is 0.133. The first-order chi connectivity index (χ1) is 12.3. The highest BCUT2D eigenvalue weighted by atomic mass is 79.9. The minimum Gasteiger partial charge on any atom is -0.336 e. The molecule has 26 heavy (non-hydrogen) atoms. The molecule has 0 radical (unpaired) electrons. The molecule has 136 valence electrons. The highest BCUT2D eigenvalue weighted by molar-refractivity contribution is 9.10. The molecule has 0 fully saturated rings. The van der Waals surface area contributed by atoms with Crippen LogP contribution < -0.4 is 4.72 Å². The van der Waals surface area contributed by atoms with Gasteiger partial charge in [0.25, 0.3) is 0 Å². The number of aromatic nitrogens is 2. The number of hydrogen-bond donors (Lipinski definition) is 1. The zero-order valence-corrected chi connectivity index (χ0v) is 16.6. The van der Waals surface area contributed by atoms with Gasteiger partial charge in [-0.25, -0.2) is 17.8 Å². The molecule has 0 bridgehead atoms. The lowest BCUT2D eigenvalue weighted by molar-refractivity contribution is 0.560. The topological polar surface area (TPSA) is 64.0 Å². The molecular weight excluding hydrogens is 421 g/mol. The molecule has 0 aliphatic rings. The van der Waals surface area contributed by atoms with Crippen LogP contribution in [-0.4, -0.2) is 18.0 Å². The summed E-state index contributed by atoms with van der Waals surface area (Å²) in [6.45, 7) is 1.81. The summed E-state index contributed by atoms with van der Waals surface area (Å²) >= 11 is 3.36. The number of nitrogens with one attached hydrogen (secondary N) is 1. The van der Waals surface area contributed by atoms with Gasteiger partial charge in [-0.05, 0) is 48.4 Å². The molecule has 0 spiro atoms. The highest BCUT2D eigenvalue weighted by Crippen LogP contribution is 2.25. The van der Waals surface area contributed by atoms with Gasteiger partial charge in [0.1, 0.15) is 17.7 Å². The highest BCUT2D eigenvalue weighted by Gasteiger charge is 2.26. The van der Waals surface area contributed by atoms with E-state index in [1.54, 1.807) is 48.3 Å². The summed E-state index contributed by atoms with van der Waals surface area (Å²) in [7, 11) is -2.09. The second-order valence-electron chi connectivity index (χ2n) is 5.92. The Morgan fingerprint density at radius 1 is 1.23 bits per heavy atom. The van der Waals surface area contributed by atoms with Crippen LogP contribution in [0.4, 0.5) is 4.39 Å².